The molecule has 0 spiro atoms. The monoisotopic (exact) mass is 384 g/mol. The molecule has 5 nitrogen and oxygen atoms in total. The molecule has 2 atom stereocenters. The first-order valence-corrected chi connectivity index (χ1v) is 9.45. The minimum Gasteiger partial charge on any atom is -0.383 e. The highest BCUT2D eigenvalue weighted by Crippen LogP contribution is 2.37. The molecule has 1 aliphatic rings. The number of nitrogens with zero attached hydrogens (tertiary/aromatic N) is 1. The van der Waals surface area contributed by atoms with Gasteiger partial charge >= 0.3 is 0 Å². The number of halogens is 1. The molecule has 0 aliphatic carbocycles. The molecule has 1 saturated heterocycles. The Hall–Kier alpha value is -2.73. The molecule has 2 unspecified atom stereocenters. The normalized spacial score (nSPS) is 19.5. The lowest BCUT2D eigenvalue weighted by atomic mass is 9.83. The van der Waals surface area contributed by atoms with Gasteiger partial charge in [-0.15, -0.1) is 0 Å². The van der Waals surface area contributed by atoms with Gasteiger partial charge in [-0.1, -0.05) is 42.5 Å². The van der Waals surface area contributed by atoms with Crippen LogP contribution in [0.1, 0.15) is 30.0 Å². The topological polar surface area (TPSA) is 58.6 Å². The lowest BCUT2D eigenvalue weighted by molar-refractivity contribution is -0.144. The van der Waals surface area contributed by atoms with E-state index < -0.39 is 12.0 Å². The summed E-state index contributed by atoms with van der Waals surface area (Å²) in [6, 6.07) is 15.3. The van der Waals surface area contributed by atoms with E-state index in [4.69, 9.17) is 4.74 Å². The molecular weight excluding hydrogens is 359 g/mol. The van der Waals surface area contributed by atoms with E-state index >= 15 is 0 Å². The molecule has 1 fully saturated rings. The highest BCUT2D eigenvalue weighted by atomic mass is 19.1. The van der Waals surface area contributed by atoms with Crippen LogP contribution in [0.4, 0.5) is 4.39 Å². The van der Waals surface area contributed by atoms with Gasteiger partial charge in [-0.3, -0.25) is 9.59 Å². The molecule has 2 amide bonds. The van der Waals surface area contributed by atoms with E-state index in [1.807, 2.05) is 30.3 Å². The first kappa shape index (κ1) is 20.0. The van der Waals surface area contributed by atoms with Crippen LogP contribution in [0, 0.1) is 11.7 Å². The van der Waals surface area contributed by atoms with Crippen molar-refractivity contribution in [2.45, 2.75) is 25.4 Å². The number of nitrogens with one attached hydrogen (secondary N) is 1. The molecule has 2 aromatic carbocycles. The Kier molecular flexibility index (Phi) is 6.76. The quantitative estimate of drug-likeness (QED) is 0.798. The van der Waals surface area contributed by atoms with Gasteiger partial charge in [0, 0.05) is 26.6 Å². The van der Waals surface area contributed by atoms with Crippen LogP contribution in [0.2, 0.25) is 0 Å². The zero-order chi connectivity index (χ0) is 19.9. The summed E-state index contributed by atoms with van der Waals surface area (Å²) in [5, 5.41) is 2.99. The van der Waals surface area contributed by atoms with E-state index in [1.165, 1.54) is 12.1 Å². The molecule has 3 rings (SSSR count). The van der Waals surface area contributed by atoms with Gasteiger partial charge in [0.05, 0.1) is 18.6 Å². The number of methoxy groups -OCH3 is 1. The molecule has 0 bridgehead atoms. The predicted molar refractivity (Wildman–Crippen MR) is 104 cm³/mol. The molecule has 28 heavy (non-hydrogen) atoms. The second kappa shape index (κ2) is 9.46. The zero-order valence-electron chi connectivity index (χ0n) is 15.9. The van der Waals surface area contributed by atoms with E-state index in [0.717, 1.165) is 11.1 Å². The molecular formula is C22H25FN2O3. The van der Waals surface area contributed by atoms with Gasteiger partial charge < -0.3 is 15.0 Å². The number of hydrogen-bond donors (Lipinski definition) is 1. The van der Waals surface area contributed by atoms with Crippen LogP contribution in [-0.2, 0) is 20.9 Å². The molecule has 1 heterocycles. The van der Waals surface area contributed by atoms with E-state index in [1.54, 1.807) is 24.1 Å². The number of hydrogen-bond acceptors (Lipinski definition) is 3. The number of carbonyl (C=O) groups excluding carboxylic acids is 2. The Bertz CT molecular complexity index is 795. The highest BCUT2D eigenvalue weighted by molar-refractivity contribution is 5.85. The van der Waals surface area contributed by atoms with Crippen LogP contribution in [0.15, 0.2) is 54.6 Å². The van der Waals surface area contributed by atoms with Crippen molar-refractivity contribution in [2.75, 3.05) is 20.3 Å². The van der Waals surface area contributed by atoms with Gasteiger partial charge in [-0.05, 0) is 29.7 Å². The van der Waals surface area contributed by atoms with Crippen LogP contribution < -0.4 is 5.32 Å². The Morgan fingerprint density at radius 3 is 2.57 bits per heavy atom. The summed E-state index contributed by atoms with van der Waals surface area (Å²) in [4.78, 5) is 27.2. The van der Waals surface area contributed by atoms with Crippen LogP contribution in [0.25, 0.3) is 0 Å². The zero-order valence-corrected chi connectivity index (χ0v) is 15.9. The number of ether oxygens (including phenoxy) is 1. The molecule has 0 radical (unpaired) electrons. The van der Waals surface area contributed by atoms with Gasteiger partial charge in [0.15, 0.2) is 0 Å². The third-order valence-electron chi connectivity index (χ3n) is 5.10. The third kappa shape index (κ3) is 4.75. The lowest BCUT2D eigenvalue weighted by Gasteiger charge is -2.40. The van der Waals surface area contributed by atoms with Crippen LogP contribution in [0.5, 0.6) is 0 Å². The molecule has 0 saturated carbocycles. The number of amides is 2. The van der Waals surface area contributed by atoms with Crippen LogP contribution in [0.3, 0.4) is 0 Å². The molecule has 2 aromatic rings. The van der Waals surface area contributed by atoms with Gasteiger partial charge in [0.25, 0.3) is 0 Å². The molecule has 0 aromatic heterocycles. The van der Waals surface area contributed by atoms with Crippen molar-refractivity contribution in [2.24, 2.45) is 5.92 Å². The van der Waals surface area contributed by atoms with Crippen molar-refractivity contribution in [1.82, 2.24) is 10.2 Å². The second-order valence-electron chi connectivity index (χ2n) is 6.92. The van der Waals surface area contributed by atoms with E-state index in [2.05, 4.69) is 5.32 Å². The highest BCUT2D eigenvalue weighted by Gasteiger charge is 2.40. The van der Waals surface area contributed by atoms with Gasteiger partial charge in [0.1, 0.15) is 5.82 Å². The van der Waals surface area contributed by atoms with Crippen LogP contribution in [-0.4, -0.2) is 37.0 Å². The smallest absolute Gasteiger partial charge is 0.225 e. The maximum atomic E-state index is 13.4. The third-order valence-corrected chi connectivity index (χ3v) is 5.10. The lowest BCUT2D eigenvalue weighted by Crippen LogP contribution is -2.49. The number of benzene rings is 2. The summed E-state index contributed by atoms with van der Waals surface area (Å²) in [6.45, 7) is 1.19. The standard InChI is InChI=1S/C22H25FN2O3/c1-28-14-13-25-20(26)12-11-19(21(25)17-7-9-18(23)10-8-17)22(27)24-15-16-5-3-2-4-6-16/h2-10,19,21H,11-15H2,1H3,(H,24,27). The van der Waals surface area contributed by atoms with Crippen molar-refractivity contribution in [1.29, 1.82) is 0 Å². The molecule has 1 aliphatic heterocycles. The predicted octanol–water partition coefficient (Wildman–Crippen LogP) is 3.07. The average Bonchev–Trinajstić information content (AvgIpc) is 2.72. The minimum atomic E-state index is -0.437. The van der Waals surface area contributed by atoms with Gasteiger partial charge in [-0.25, -0.2) is 4.39 Å². The van der Waals surface area contributed by atoms with E-state index in [0.29, 0.717) is 32.5 Å². The molecule has 1 N–H and O–H groups in total. The summed E-state index contributed by atoms with van der Waals surface area (Å²) < 4.78 is 18.6. The van der Waals surface area contributed by atoms with Gasteiger partial charge in [0.2, 0.25) is 11.8 Å². The summed E-state index contributed by atoms with van der Waals surface area (Å²) in [5.74, 6) is -0.866. The minimum absolute atomic E-state index is 0.0153. The maximum absolute atomic E-state index is 13.4. The van der Waals surface area contributed by atoms with Crippen molar-refractivity contribution in [3.05, 3.63) is 71.5 Å². The first-order chi connectivity index (χ1) is 13.6. The second-order valence-corrected chi connectivity index (χ2v) is 6.92. The fourth-order valence-corrected chi connectivity index (χ4v) is 3.67. The van der Waals surface area contributed by atoms with Crippen molar-refractivity contribution in [3.63, 3.8) is 0 Å². The largest absolute Gasteiger partial charge is 0.383 e. The number of piperidine rings is 1. The fraction of sp³-hybridized carbons (Fsp3) is 0.364. The summed E-state index contributed by atoms with van der Waals surface area (Å²) >= 11 is 0. The fourth-order valence-electron chi connectivity index (χ4n) is 3.67. The van der Waals surface area contributed by atoms with Gasteiger partial charge in [-0.2, -0.15) is 0 Å². The Labute approximate surface area is 164 Å². The Morgan fingerprint density at radius 2 is 1.89 bits per heavy atom. The molecule has 6 heteroatoms. The SMILES string of the molecule is COCCN1C(=O)CCC(C(=O)NCc2ccccc2)C1c1ccc(F)cc1. The maximum Gasteiger partial charge on any atom is 0.225 e. The number of rotatable bonds is 7. The van der Waals surface area contributed by atoms with Crippen molar-refractivity contribution in [3.8, 4) is 0 Å². The summed E-state index contributed by atoms with van der Waals surface area (Å²) in [7, 11) is 1.57. The summed E-state index contributed by atoms with van der Waals surface area (Å²) in [5.41, 5.74) is 1.77. The molecule has 148 valence electrons. The van der Waals surface area contributed by atoms with Crippen LogP contribution >= 0.6 is 0 Å². The Morgan fingerprint density at radius 1 is 1.18 bits per heavy atom. The van der Waals surface area contributed by atoms with E-state index in [-0.39, 0.29) is 17.6 Å². The first-order valence-electron chi connectivity index (χ1n) is 9.45. The summed E-state index contributed by atoms with van der Waals surface area (Å²) in [6.07, 6.45) is 0.774. The van der Waals surface area contributed by atoms with Crippen molar-refractivity contribution >= 4 is 11.8 Å². The number of carbonyl (C=O) groups is 2. The van der Waals surface area contributed by atoms with Crippen molar-refractivity contribution < 1.29 is 18.7 Å². The Balaban J connectivity index is 1.82. The number of likely N-dealkylation sites (tertiary alicyclic amines) is 1. The average molecular weight is 384 g/mol. The van der Waals surface area contributed by atoms with E-state index in [9.17, 15) is 14.0 Å².